The number of ether oxygens (including phenoxy) is 2. The average molecular weight is 256 g/mol. The van der Waals surface area contributed by atoms with Gasteiger partial charge in [-0.05, 0) is 33.8 Å². The molecule has 1 atom stereocenters. The summed E-state index contributed by atoms with van der Waals surface area (Å²) in [5.74, 6) is 0. The van der Waals surface area contributed by atoms with Gasteiger partial charge < -0.3 is 14.6 Å². The van der Waals surface area contributed by atoms with Crippen molar-refractivity contribution in [1.29, 1.82) is 0 Å². The van der Waals surface area contributed by atoms with Crippen LogP contribution in [-0.4, -0.2) is 40.5 Å². The Bertz CT molecular complexity index is 333. The predicted octanol–water partition coefficient (Wildman–Crippen LogP) is 1.77. The standard InChI is InChI=1S/C13H24N2O3/c1-5-17-13(18-6-2)12(16)9-11-7-8-15(14-11)10(3)4/h7-8,10,12-13,16H,5-6,9H2,1-4H3. The van der Waals surface area contributed by atoms with Crippen LogP contribution in [0.1, 0.15) is 39.4 Å². The van der Waals surface area contributed by atoms with E-state index in [2.05, 4.69) is 18.9 Å². The molecule has 1 aromatic heterocycles. The van der Waals surface area contributed by atoms with Gasteiger partial charge in [0.05, 0.1) is 5.69 Å². The van der Waals surface area contributed by atoms with Crippen LogP contribution in [0, 0.1) is 0 Å². The van der Waals surface area contributed by atoms with Gasteiger partial charge >= 0.3 is 0 Å². The molecule has 1 N–H and O–H groups in total. The zero-order valence-corrected chi connectivity index (χ0v) is 11.7. The molecule has 0 aliphatic carbocycles. The lowest BCUT2D eigenvalue weighted by atomic mass is 10.2. The Morgan fingerprint density at radius 2 is 1.89 bits per heavy atom. The molecule has 1 rings (SSSR count). The van der Waals surface area contributed by atoms with Gasteiger partial charge in [-0.1, -0.05) is 0 Å². The molecule has 5 nitrogen and oxygen atoms in total. The molecule has 104 valence electrons. The van der Waals surface area contributed by atoms with Crippen molar-refractivity contribution in [3.8, 4) is 0 Å². The zero-order chi connectivity index (χ0) is 13.5. The molecule has 0 radical (unpaired) electrons. The van der Waals surface area contributed by atoms with Gasteiger partial charge in [0.15, 0.2) is 6.29 Å². The van der Waals surface area contributed by atoms with Gasteiger partial charge in [-0.2, -0.15) is 5.10 Å². The lowest BCUT2D eigenvalue weighted by molar-refractivity contribution is -0.189. The molecule has 5 heteroatoms. The smallest absolute Gasteiger partial charge is 0.183 e. The lowest BCUT2D eigenvalue weighted by Crippen LogP contribution is -2.33. The van der Waals surface area contributed by atoms with Crippen molar-refractivity contribution in [3.63, 3.8) is 0 Å². The molecule has 0 spiro atoms. The number of nitrogens with zero attached hydrogens (tertiary/aromatic N) is 2. The summed E-state index contributed by atoms with van der Waals surface area (Å²) in [4.78, 5) is 0. The third-order valence-corrected chi connectivity index (χ3v) is 2.59. The Hall–Kier alpha value is -0.910. The summed E-state index contributed by atoms with van der Waals surface area (Å²) in [5.41, 5.74) is 0.848. The maximum absolute atomic E-state index is 10.1. The first-order valence-electron chi connectivity index (χ1n) is 6.53. The third-order valence-electron chi connectivity index (χ3n) is 2.59. The second kappa shape index (κ2) is 7.51. The van der Waals surface area contributed by atoms with Crippen molar-refractivity contribution in [1.82, 2.24) is 9.78 Å². The van der Waals surface area contributed by atoms with E-state index in [-0.39, 0.29) is 0 Å². The first-order valence-corrected chi connectivity index (χ1v) is 6.53. The van der Waals surface area contributed by atoms with Crippen LogP contribution < -0.4 is 0 Å². The quantitative estimate of drug-likeness (QED) is 0.720. The van der Waals surface area contributed by atoms with E-state index in [1.807, 2.05) is 30.8 Å². The van der Waals surface area contributed by atoms with Gasteiger partial charge in [0.1, 0.15) is 6.10 Å². The molecule has 18 heavy (non-hydrogen) atoms. The molecule has 0 bridgehead atoms. The molecular formula is C13H24N2O3. The Kier molecular flexibility index (Phi) is 6.32. The van der Waals surface area contributed by atoms with Crippen molar-refractivity contribution < 1.29 is 14.6 Å². The minimum atomic E-state index is -0.694. The molecule has 1 heterocycles. The van der Waals surface area contributed by atoms with Crippen molar-refractivity contribution in [2.45, 2.75) is 52.6 Å². The highest BCUT2D eigenvalue weighted by molar-refractivity contribution is 5.01. The van der Waals surface area contributed by atoms with Gasteiger partial charge in [-0.15, -0.1) is 0 Å². The van der Waals surface area contributed by atoms with Crippen molar-refractivity contribution in [2.24, 2.45) is 0 Å². The highest BCUT2D eigenvalue weighted by Gasteiger charge is 2.21. The summed E-state index contributed by atoms with van der Waals surface area (Å²) >= 11 is 0. The van der Waals surface area contributed by atoms with Gasteiger partial charge in [0.2, 0.25) is 0 Å². The van der Waals surface area contributed by atoms with E-state index in [9.17, 15) is 5.11 Å². The van der Waals surface area contributed by atoms with Gasteiger partial charge in [-0.25, -0.2) is 0 Å². The summed E-state index contributed by atoms with van der Waals surface area (Å²) in [6, 6.07) is 2.24. The fourth-order valence-corrected chi connectivity index (χ4v) is 1.68. The molecule has 0 aromatic carbocycles. The van der Waals surface area contributed by atoms with Crippen LogP contribution in [0.4, 0.5) is 0 Å². The summed E-state index contributed by atoms with van der Waals surface area (Å²) in [5, 5.41) is 14.5. The van der Waals surface area contributed by atoms with Crippen LogP contribution in [-0.2, 0) is 15.9 Å². The Labute approximate surface area is 109 Å². The molecule has 1 aromatic rings. The molecule has 0 saturated carbocycles. The van der Waals surface area contributed by atoms with Crippen molar-refractivity contribution >= 4 is 0 Å². The molecular weight excluding hydrogens is 232 g/mol. The fraction of sp³-hybridized carbons (Fsp3) is 0.769. The maximum atomic E-state index is 10.1. The SMILES string of the molecule is CCOC(OCC)C(O)Cc1ccn(C(C)C)n1. The first kappa shape index (κ1) is 15.1. The number of hydrogen-bond donors (Lipinski definition) is 1. The Morgan fingerprint density at radius 3 is 2.33 bits per heavy atom. The highest BCUT2D eigenvalue weighted by Crippen LogP contribution is 2.10. The molecule has 0 aliphatic rings. The third kappa shape index (κ3) is 4.40. The van der Waals surface area contributed by atoms with Crippen LogP contribution in [0.15, 0.2) is 12.3 Å². The van der Waals surface area contributed by atoms with E-state index >= 15 is 0 Å². The van der Waals surface area contributed by atoms with E-state index in [0.717, 1.165) is 5.69 Å². The minimum absolute atomic E-state index is 0.325. The highest BCUT2D eigenvalue weighted by atomic mass is 16.7. The number of rotatable bonds is 8. The second-order valence-electron chi connectivity index (χ2n) is 4.43. The van der Waals surface area contributed by atoms with Crippen LogP contribution in [0.2, 0.25) is 0 Å². The molecule has 1 unspecified atom stereocenters. The van der Waals surface area contributed by atoms with E-state index in [1.165, 1.54) is 0 Å². The lowest BCUT2D eigenvalue weighted by Gasteiger charge is -2.21. The molecule has 0 fully saturated rings. The summed E-state index contributed by atoms with van der Waals surface area (Å²) in [7, 11) is 0. The first-order chi connectivity index (χ1) is 8.58. The van der Waals surface area contributed by atoms with E-state index < -0.39 is 12.4 Å². The van der Waals surface area contributed by atoms with E-state index in [4.69, 9.17) is 9.47 Å². The second-order valence-corrected chi connectivity index (χ2v) is 4.43. The van der Waals surface area contributed by atoms with Gasteiger partial charge in [0, 0.05) is 31.9 Å². The normalized spacial score (nSPS) is 13.5. The minimum Gasteiger partial charge on any atom is -0.387 e. The Balaban J connectivity index is 2.57. The number of aliphatic hydroxyl groups is 1. The van der Waals surface area contributed by atoms with Crippen LogP contribution in [0.5, 0.6) is 0 Å². The average Bonchev–Trinajstić information content (AvgIpc) is 2.77. The topological polar surface area (TPSA) is 56.5 Å². The molecule has 0 aliphatic heterocycles. The van der Waals surface area contributed by atoms with Crippen molar-refractivity contribution in [2.75, 3.05) is 13.2 Å². The Morgan fingerprint density at radius 1 is 1.28 bits per heavy atom. The number of aliphatic hydroxyl groups excluding tert-OH is 1. The number of hydrogen-bond acceptors (Lipinski definition) is 4. The van der Waals surface area contributed by atoms with Crippen molar-refractivity contribution in [3.05, 3.63) is 18.0 Å². The fourth-order valence-electron chi connectivity index (χ4n) is 1.68. The van der Waals surface area contributed by atoms with Gasteiger partial charge in [0.25, 0.3) is 0 Å². The monoisotopic (exact) mass is 256 g/mol. The molecule has 0 saturated heterocycles. The van der Waals surface area contributed by atoms with Crippen LogP contribution in [0.25, 0.3) is 0 Å². The summed E-state index contributed by atoms with van der Waals surface area (Å²) in [6.07, 6.45) is 1.08. The summed E-state index contributed by atoms with van der Waals surface area (Å²) < 4.78 is 12.6. The van der Waals surface area contributed by atoms with E-state index in [0.29, 0.717) is 25.7 Å². The summed E-state index contributed by atoms with van der Waals surface area (Å²) in [6.45, 7) is 8.93. The van der Waals surface area contributed by atoms with E-state index in [1.54, 1.807) is 0 Å². The zero-order valence-electron chi connectivity index (χ0n) is 11.7. The molecule has 0 amide bonds. The van der Waals surface area contributed by atoms with Crippen LogP contribution >= 0.6 is 0 Å². The number of aromatic nitrogens is 2. The van der Waals surface area contributed by atoms with Crippen LogP contribution in [0.3, 0.4) is 0 Å². The maximum Gasteiger partial charge on any atom is 0.183 e. The van der Waals surface area contributed by atoms with Gasteiger partial charge in [-0.3, -0.25) is 4.68 Å². The predicted molar refractivity (Wildman–Crippen MR) is 69.4 cm³/mol. The largest absolute Gasteiger partial charge is 0.387 e.